The summed E-state index contributed by atoms with van der Waals surface area (Å²) in [5, 5.41) is 12.4. The van der Waals surface area contributed by atoms with Crippen LogP contribution in [0.25, 0.3) is 0 Å². The molecule has 1 spiro atoms. The van der Waals surface area contributed by atoms with Crippen molar-refractivity contribution < 1.29 is 33.8 Å². The van der Waals surface area contributed by atoms with Crippen LogP contribution in [0.2, 0.25) is 18.6 Å². The monoisotopic (exact) mass is 448 g/mol. The first kappa shape index (κ1) is 21.9. The molecule has 4 rings (SSSR count). The summed E-state index contributed by atoms with van der Waals surface area (Å²) in [5.74, 6) is -1.32. The number of carbonyl (C=O) groups is 3. The van der Waals surface area contributed by atoms with Crippen LogP contribution in [-0.2, 0) is 29.5 Å². The Morgan fingerprint density at radius 3 is 2.68 bits per heavy atom. The molecule has 3 aliphatic rings. The topological polar surface area (TPSA) is 125 Å². The summed E-state index contributed by atoms with van der Waals surface area (Å²) in [7, 11) is -2.74. The molecule has 168 valence electrons. The molecule has 3 aliphatic heterocycles. The zero-order valence-corrected chi connectivity index (χ0v) is 19.0. The number of aliphatic hydroxyl groups excluding tert-OH is 1. The molecule has 5 atom stereocenters. The van der Waals surface area contributed by atoms with Crippen molar-refractivity contribution in [1.82, 2.24) is 0 Å². The third kappa shape index (κ3) is 3.29. The maximum atomic E-state index is 13.2. The highest BCUT2D eigenvalue weighted by Crippen LogP contribution is 2.58. The van der Waals surface area contributed by atoms with Gasteiger partial charge in [-0.1, -0.05) is 6.92 Å². The summed E-state index contributed by atoms with van der Waals surface area (Å²) >= 11 is 0. The first-order valence-corrected chi connectivity index (χ1v) is 13.5. The average Bonchev–Trinajstić information content (AvgIpc) is 3.09. The van der Waals surface area contributed by atoms with Gasteiger partial charge < -0.3 is 24.7 Å². The van der Waals surface area contributed by atoms with Crippen LogP contribution < -0.4 is 10.2 Å². The number of β-lactam (4-membered cyclic amide) rings is 1. The Morgan fingerprint density at radius 1 is 1.39 bits per heavy atom. The first-order chi connectivity index (χ1) is 14.5. The molecule has 1 aromatic rings. The molecule has 9 nitrogen and oxygen atoms in total. The number of amides is 2. The van der Waals surface area contributed by atoms with Gasteiger partial charge in [0.2, 0.25) is 5.91 Å². The minimum absolute atomic E-state index is 0.108. The molecule has 10 heteroatoms. The second-order valence-corrected chi connectivity index (χ2v) is 13.1. The minimum atomic E-state index is -2.74. The average molecular weight is 449 g/mol. The highest BCUT2D eigenvalue weighted by atomic mass is 28.4. The fraction of sp³-hybridized carbons (Fsp3) is 0.571. The van der Waals surface area contributed by atoms with Gasteiger partial charge >= 0.3 is 5.97 Å². The molecule has 0 aromatic heterocycles. The normalized spacial score (nSPS) is 32.1. The summed E-state index contributed by atoms with van der Waals surface area (Å²) in [5.41, 5.74) is 0.0918. The molecule has 2 saturated heterocycles. The van der Waals surface area contributed by atoms with Crippen LogP contribution in [0.5, 0.6) is 0 Å². The van der Waals surface area contributed by atoms with E-state index in [0.29, 0.717) is 23.4 Å². The number of anilines is 2. The van der Waals surface area contributed by atoms with Gasteiger partial charge in [0.25, 0.3) is 5.91 Å². The molecule has 3 heterocycles. The number of aliphatic hydroxyl groups is 1. The predicted molar refractivity (Wildman–Crippen MR) is 114 cm³/mol. The van der Waals surface area contributed by atoms with Crippen molar-refractivity contribution in [2.75, 3.05) is 16.8 Å². The molecule has 2 fully saturated rings. The largest absolute Gasteiger partial charge is 0.441 e. The number of carbonyl (C=O) groups excluding carboxylic acids is 3. The van der Waals surface area contributed by atoms with Crippen molar-refractivity contribution in [1.29, 1.82) is 0 Å². The lowest BCUT2D eigenvalue weighted by molar-refractivity contribution is -0.153. The summed E-state index contributed by atoms with van der Waals surface area (Å²) < 4.78 is 11.6. The zero-order valence-electron chi connectivity index (χ0n) is 18.0. The lowest BCUT2D eigenvalue weighted by Crippen LogP contribution is -2.55. The van der Waals surface area contributed by atoms with Crippen molar-refractivity contribution in [3.63, 3.8) is 0 Å². The van der Waals surface area contributed by atoms with Crippen LogP contribution in [0.4, 0.5) is 11.4 Å². The van der Waals surface area contributed by atoms with E-state index in [0.717, 1.165) is 0 Å². The van der Waals surface area contributed by atoms with E-state index in [4.69, 9.17) is 9.47 Å². The van der Waals surface area contributed by atoms with Crippen LogP contribution in [0.3, 0.4) is 0 Å². The van der Waals surface area contributed by atoms with E-state index >= 15 is 0 Å². The van der Waals surface area contributed by atoms with E-state index in [-0.39, 0.29) is 36.3 Å². The molecule has 0 saturated carbocycles. The standard InChI is InChI=1S/C21H28N2O7Si/c1-11-19(31(3,4)28)16(7-8-24)30-21(11)14-9-13(5-6-15(14)22-20(21)27)23-17(26)10-18(23)29-12(2)25/h5-6,9,11,16,18-19,24,28H,7-8,10H2,1-4H3,(H,22,27)/t11-,16+,18?,19-,21+/m0/s1. The number of esters is 1. The fourth-order valence-electron chi connectivity index (χ4n) is 5.41. The molecular formula is C21H28N2O7Si. The SMILES string of the molecule is CC(=O)OC1CC(=O)N1c1ccc2c(c1)[C@@]1(O[C@H](CCO)[C@@H]([Si](C)(C)O)[C@@H]1C)C(=O)N2. The van der Waals surface area contributed by atoms with Gasteiger partial charge in [0.15, 0.2) is 20.1 Å². The van der Waals surface area contributed by atoms with Gasteiger partial charge in [-0.05, 0) is 37.7 Å². The van der Waals surface area contributed by atoms with E-state index in [1.165, 1.54) is 11.8 Å². The number of benzene rings is 1. The molecule has 0 aliphatic carbocycles. The summed E-state index contributed by atoms with van der Waals surface area (Å²) in [6.45, 7) is 6.69. The van der Waals surface area contributed by atoms with Gasteiger partial charge in [-0.3, -0.25) is 19.3 Å². The summed E-state index contributed by atoms with van der Waals surface area (Å²) in [6, 6.07) is 5.13. The molecule has 3 N–H and O–H groups in total. The van der Waals surface area contributed by atoms with Gasteiger partial charge in [0, 0.05) is 41.9 Å². The van der Waals surface area contributed by atoms with E-state index in [9.17, 15) is 24.3 Å². The van der Waals surface area contributed by atoms with E-state index in [2.05, 4.69) is 5.32 Å². The Labute approximate surface area is 181 Å². The summed E-state index contributed by atoms with van der Waals surface area (Å²) in [6.07, 6.45) is -0.720. The quantitative estimate of drug-likeness (QED) is 0.354. The van der Waals surface area contributed by atoms with E-state index < -0.39 is 32.2 Å². The Kier molecular flexibility index (Phi) is 5.24. The van der Waals surface area contributed by atoms with E-state index in [1.807, 2.05) is 20.0 Å². The second-order valence-electron chi connectivity index (χ2n) is 9.09. The van der Waals surface area contributed by atoms with Gasteiger partial charge in [-0.25, -0.2) is 0 Å². The predicted octanol–water partition coefficient (Wildman–Crippen LogP) is 1.44. The highest BCUT2D eigenvalue weighted by Gasteiger charge is 2.64. The Morgan fingerprint density at radius 2 is 2.10 bits per heavy atom. The van der Waals surface area contributed by atoms with Crippen LogP contribution in [0.15, 0.2) is 18.2 Å². The molecule has 0 radical (unpaired) electrons. The van der Waals surface area contributed by atoms with Crippen molar-refractivity contribution in [3.8, 4) is 0 Å². The lowest BCUT2D eigenvalue weighted by Gasteiger charge is -2.39. The van der Waals surface area contributed by atoms with Crippen LogP contribution in [-0.4, -0.2) is 54.9 Å². The molecule has 1 aromatic carbocycles. The van der Waals surface area contributed by atoms with Crippen molar-refractivity contribution in [3.05, 3.63) is 23.8 Å². The van der Waals surface area contributed by atoms with Crippen molar-refractivity contribution in [2.45, 2.75) is 63.3 Å². The molecular weight excluding hydrogens is 420 g/mol. The first-order valence-electron chi connectivity index (χ1n) is 10.5. The molecule has 0 bridgehead atoms. The van der Waals surface area contributed by atoms with Crippen LogP contribution in [0.1, 0.15) is 32.3 Å². The summed E-state index contributed by atoms with van der Waals surface area (Å²) in [4.78, 5) is 49.2. The molecule has 2 amide bonds. The fourth-order valence-corrected chi connectivity index (χ4v) is 8.02. The van der Waals surface area contributed by atoms with Gasteiger partial charge in [-0.2, -0.15) is 0 Å². The Balaban J connectivity index is 1.76. The van der Waals surface area contributed by atoms with Crippen LogP contribution >= 0.6 is 0 Å². The highest BCUT2D eigenvalue weighted by molar-refractivity contribution is 6.71. The third-order valence-corrected chi connectivity index (χ3v) is 9.13. The van der Waals surface area contributed by atoms with Crippen molar-refractivity contribution in [2.24, 2.45) is 5.92 Å². The van der Waals surface area contributed by atoms with Gasteiger partial charge in [0.05, 0.1) is 12.5 Å². The zero-order chi connectivity index (χ0) is 22.7. The van der Waals surface area contributed by atoms with Gasteiger partial charge in [-0.15, -0.1) is 0 Å². The number of ether oxygens (including phenoxy) is 2. The minimum Gasteiger partial charge on any atom is -0.441 e. The van der Waals surface area contributed by atoms with Crippen LogP contribution in [0, 0.1) is 5.92 Å². The molecule has 31 heavy (non-hydrogen) atoms. The van der Waals surface area contributed by atoms with E-state index in [1.54, 1.807) is 18.2 Å². The number of nitrogens with one attached hydrogen (secondary N) is 1. The number of nitrogens with zero attached hydrogens (tertiary/aromatic N) is 1. The number of rotatable bonds is 5. The second kappa shape index (κ2) is 7.40. The Hall–Kier alpha value is -2.27. The smallest absolute Gasteiger partial charge is 0.304 e. The number of fused-ring (bicyclic) bond motifs is 2. The Bertz CT molecular complexity index is 946. The number of hydrogen-bond acceptors (Lipinski definition) is 7. The lowest BCUT2D eigenvalue weighted by atomic mass is 9.82. The maximum Gasteiger partial charge on any atom is 0.304 e. The third-order valence-electron chi connectivity index (χ3n) is 6.62. The number of hydrogen-bond donors (Lipinski definition) is 3. The van der Waals surface area contributed by atoms with Gasteiger partial charge in [0.1, 0.15) is 0 Å². The maximum absolute atomic E-state index is 13.2. The van der Waals surface area contributed by atoms with Crippen molar-refractivity contribution >= 4 is 37.5 Å². The molecule has 1 unspecified atom stereocenters.